The SMILES string of the molecule is Fc1ccc(C[n+]2ccc(-c3nc4cc(-c5ccccc5)ccc4o3)cc2)cc1.[Br-]. The Balaban J connectivity index is 0.00000218. The third-order valence-electron chi connectivity index (χ3n) is 4.91. The van der Waals surface area contributed by atoms with Crippen molar-refractivity contribution in [3.8, 4) is 22.6 Å². The molecule has 0 aliphatic heterocycles. The number of fused-ring (bicyclic) bond motifs is 1. The minimum Gasteiger partial charge on any atom is -1.00 e. The second kappa shape index (κ2) is 8.59. The van der Waals surface area contributed by atoms with Gasteiger partial charge in [0.25, 0.3) is 0 Å². The molecule has 0 N–H and O–H groups in total. The van der Waals surface area contributed by atoms with Crippen molar-refractivity contribution in [1.82, 2.24) is 4.98 Å². The van der Waals surface area contributed by atoms with Crippen LogP contribution in [0.5, 0.6) is 0 Å². The van der Waals surface area contributed by atoms with Crippen LogP contribution in [0.4, 0.5) is 4.39 Å². The minimum atomic E-state index is -0.222. The highest BCUT2D eigenvalue weighted by atomic mass is 79.9. The largest absolute Gasteiger partial charge is 1.00 e. The Hall–Kier alpha value is -3.31. The van der Waals surface area contributed by atoms with E-state index in [2.05, 4.69) is 23.2 Å². The predicted octanol–water partition coefficient (Wildman–Crippen LogP) is 2.64. The molecule has 5 aromatic rings. The summed E-state index contributed by atoms with van der Waals surface area (Å²) in [5, 5.41) is 0. The number of aromatic nitrogens is 2. The van der Waals surface area contributed by atoms with Gasteiger partial charge < -0.3 is 21.4 Å². The van der Waals surface area contributed by atoms with Gasteiger partial charge in [-0.2, -0.15) is 0 Å². The number of halogens is 2. The molecule has 30 heavy (non-hydrogen) atoms. The minimum absolute atomic E-state index is 0. The maximum atomic E-state index is 13.1. The molecule has 0 saturated heterocycles. The number of nitrogens with zero attached hydrogens (tertiary/aromatic N) is 2. The summed E-state index contributed by atoms with van der Waals surface area (Å²) in [6, 6.07) is 26.8. The molecule has 0 saturated carbocycles. The molecule has 3 nitrogen and oxygen atoms in total. The van der Waals surface area contributed by atoms with Crippen LogP contribution in [-0.2, 0) is 6.54 Å². The molecule has 2 aromatic heterocycles. The Labute approximate surface area is 184 Å². The van der Waals surface area contributed by atoms with Gasteiger partial charge in [-0.25, -0.2) is 13.9 Å². The molecular formula is C25H18BrFN2O. The average molecular weight is 461 g/mol. The van der Waals surface area contributed by atoms with Gasteiger partial charge in [0.15, 0.2) is 24.5 Å². The van der Waals surface area contributed by atoms with Crippen LogP contribution < -0.4 is 21.5 Å². The quantitative estimate of drug-likeness (QED) is 0.386. The number of pyridine rings is 1. The highest BCUT2D eigenvalue weighted by Gasteiger charge is 2.11. The molecule has 5 heteroatoms. The van der Waals surface area contributed by atoms with Gasteiger partial charge in [-0.05, 0) is 47.5 Å². The first-order valence-electron chi connectivity index (χ1n) is 9.44. The first-order chi connectivity index (χ1) is 14.2. The fraction of sp³-hybridized carbons (Fsp3) is 0.0400. The van der Waals surface area contributed by atoms with Crippen LogP contribution in [0.3, 0.4) is 0 Å². The maximum absolute atomic E-state index is 13.1. The smallest absolute Gasteiger partial charge is 0.227 e. The molecule has 2 heterocycles. The lowest BCUT2D eigenvalue weighted by Crippen LogP contribution is -3.00. The summed E-state index contributed by atoms with van der Waals surface area (Å²) in [4.78, 5) is 4.67. The van der Waals surface area contributed by atoms with Gasteiger partial charge in [0.1, 0.15) is 11.3 Å². The number of hydrogen-bond acceptors (Lipinski definition) is 2. The van der Waals surface area contributed by atoms with E-state index in [1.54, 1.807) is 12.1 Å². The first kappa shape index (κ1) is 20.0. The molecule has 0 aliphatic rings. The second-order valence-corrected chi connectivity index (χ2v) is 6.95. The zero-order chi connectivity index (χ0) is 19.6. The van der Waals surface area contributed by atoms with Crippen molar-refractivity contribution >= 4 is 11.1 Å². The van der Waals surface area contributed by atoms with Crippen molar-refractivity contribution in [3.05, 3.63) is 109 Å². The normalized spacial score (nSPS) is 10.7. The van der Waals surface area contributed by atoms with Crippen LogP contribution in [-0.4, -0.2) is 4.98 Å². The molecule has 0 unspecified atom stereocenters. The van der Waals surface area contributed by atoms with Crippen molar-refractivity contribution in [1.29, 1.82) is 0 Å². The fourth-order valence-electron chi connectivity index (χ4n) is 3.37. The van der Waals surface area contributed by atoms with Gasteiger partial charge in [-0.1, -0.05) is 36.4 Å². The summed E-state index contributed by atoms with van der Waals surface area (Å²) in [6.45, 7) is 0.675. The standard InChI is InChI=1S/C25H18FN2O.BrH/c26-22-9-6-18(7-10-22)17-28-14-12-20(13-15-28)25-27-23-16-21(8-11-24(23)29-25)19-4-2-1-3-5-19;/h1-16H,17H2;1H/q+1;/p-1. The molecule has 0 radical (unpaired) electrons. The lowest BCUT2D eigenvalue weighted by atomic mass is 10.1. The summed E-state index contributed by atoms with van der Waals surface area (Å²) in [6.07, 6.45) is 3.95. The molecule has 3 aromatic carbocycles. The van der Waals surface area contributed by atoms with Crippen LogP contribution in [0.2, 0.25) is 0 Å². The van der Waals surface area contributed by atoms with Crippen LogP contribution in [0, 0.1) is 5.82 Å². The number of hydrogen-bond donors (Lipinski definition) is 0. The van der Waals surface area contributed by atoms with E-state index >= 15 is 0 Å². The topological polar surface area (TPSA) is 29.9 Å². The van der Waals surface area contributed by atoms with E-state index in [4.69, 9.17) is 4.42 Å². The van der Waals surface area contributed by atoms with Gasteiger partial charge >= 0.3 is 0 Å². The summed E-state index contributed by atoms with van der Waals surface area (Å²) >= 11 is 0. The maximum Gasteiger partial charge on any atom is 0.227 e. The fourth-order valence-corrected chi connectivity index (χ4v) is 3.37. The third-order valence-corrected chi connectivity index (χ3v) is 4.91. The Morgan fingerprint density at radius 3 is 2.23 bits per heavy atom. The van der Waals surface area contributed by atoms with Crippen molar-refractivity contribution in [2.75, 3.05) is 0 Å². The molecule has 0 aliphatic carbocycles. The van der Waals surface area contributed by atoms with Gasteiger partial charge in [0.2, 0.25) is 5.89 Å². The first-order valence-corrected chi connectivity index (χ1v) is 9.44. The van der Waals surface area contributed by atoms with Crippen molar-refractivity contribution < 1.29 is 30.4 Å². The van der Waals surface area contributed by atoms with E-state index < -0.39 is 0 Å². The summed E-state index contributed by atoms with van der Waals surface area (Å²) in [5.74, 6) is 0.375. The molecule has 0 fully saturated rings. The van der Waals surface area contributed by atoms with E-state index in [1.165, 1.54) is 12.1 Å². The van der Waals surface area contributed by atoms with E-state index in [-0.39, 0.29) is 22.8 Å². The molecule has 0 amide bonds. The van der Waals surface area contributed by atoms with E-state index in [0.717, 1.165) is 33.4 Å². The molecule has 0 bridgehead atoms. The number of rotatable bonds is 4. The molecule has 0 atom stereocenters. The number of oxazole rings is 1. The van der Waals surface area contributed by atoms with Gasteiger partial charge in [-0.15, -0.1) is 0 Å². The van der Waals surface area contributed by atoms with Crippen LogP contribution >= 0.6 is 0 Å². The van der Waals surface area contributed by atoms with Crippen LogP contribution in [0.25, 0.3) is 33.7 Å². The zero-order valence-electron chi connectivity index (χ0n) is 16.0. The summed E-state index contributed by atoms with van der Waals surface area (Å²) < 4.78 is 21.0. The Bertz CT molecular complexity index is 1270. The lowest BCUT2D eigenvalue weighted by molar-refractivity contribution is -0.688. The predicted molar refractivity (Wildman–Crippen MR) is 111 cm³/mol. The van der Waals surface area contributed by atoms with Crippen LogP contribution in [0.15, 0.2) is 102 Å². The van der Waals surface area contributed by atoms with Gasteiger partial charge in [0, 0.05) is 23.3 Å². The van der Waals surface area contributed by atoms with E-state index in [1.807, 2.05) is 59.4 Å². The van der Waals surface area contributed by atoms with E-state index in [0.29, 0.717) is 12.4 Å². The molecule has 5 rings (SSSR count). The number of benzene rings is 3. The molecular weight excluding hydrogens is 443 g/mol. The second-order valence-electron chi connectivity index (χ2n) is 6.95. The van der Waals surface area contributed by atoms with Gasteiger partial charge in [0.05, 0.1) is 0 Å². The highest BCUT2D eigenvalue weighted by Crippen LogP contribution is 2.28. The average Bonchev–Trinajstić information content (AvgIpc) is 3.20. The summed E-state index contributed by atoms with van der Waals surface area (Å²) in [7, 11) is 0. The molecule has 148 valence electrons. The van der Waals surface area contributed by atoms with Crippen molar-refractivity contribution in [3.63, 3.8) is 0 Å². The van der Waals surface area contributed by atoms with Gasteiger partial charge in [-0.3, -0.25) is 0 Å². The Morgan fingerprint density at radius 2 is 1.50 bits per heavy atom. The Kier molecular flexibility index (Phi) is 5.72. The van der Waals surface area contributed by atoms with Crippen molar-refractivity contribution in [2.24, 2.45) is 0 Å². The molecule has 0 spiro atoms. The lowest BCUT2D eigenvalue weighted by Gasteiger charge is -1.99. The summed E-state index contributed by atoms with van der Waals surface area (Å²) in [5.41, 5.74) is 5.83. The third kappa shape index (κ3) is 4.16. The van der Waals surface area contributed by atoms with E-state index in [9.17, 15) is 4.39 Å². The highest BCUT2D eigenvalue weighted by molar-refractivity contribution is 5.82. The monoisotopic (exact) mass is 460 g/mol. The van der Waals surface area contributed by atoms with Crippen molar-refractivity contribution in [2.45, 2.75) is 6.54 Å². The zero-order valence-corrected chi connectivity index (χ0v) is 17.6. The Morgan fingerprint density at radius 1 is 0.767 bits per heavy atom. The van der Waals surface area contributed by atoms with Crippen LogP contribution in [0.1, 0.15) is 5.56 Å².